The van der Waals surface area contributed by atoms with Gasteiger partial charge < -0.3 is 15.0 Å². The van der Waals surface area contributed by atoms with E-state index in [1.807, 2.05) is 31.2 Å². The van der Waals surface area contributed by atoms with Crippen LogP contribution in [0.4, 0.5) is 5.69 Å². The largest absolute Gasteiger partial charge is 0.481 e. The van der Waals surface area contributed by atoms with Crippen molar-refractivity contribution < 1.29 is 14.7 Å². The molecule has 2 N–H and O–H groups in total. The maximum Gasteiger partial charge on any atom is 0.305 e. The number of anilines is 1. The van der Waals surface area contributed by atoms with Gasteiger partial charge >= 0.3 is 5.97 Å². The molecule has 0 bridgehead atoms. The smallest absolute Gasteiger partial charge is 0.305 e. The number of carboxylic acid groups (broad SMARTS) is 1. The molecule has 0 unspecified atom stereocenters. The Labute approximate surface area is 116 Å². The van der Waals surface area contributed by atoms with Crippen LogP contribution in [0.25, 0.3) is 0 Å². The maximum absolute atomic E-state index is 12.5. The van der Waals surface area contributed by atoms with Gasteiger partial charge in [-0.25, -0.2) is 0 Å². The fourth-order valence-electron chi connectivity index (χ4n) is 2.01. The van der Waals surface area contributed by atoms with E-state index in [0.29, 0.717) is 5.69 Å². The minimum absolute atomic E-state index is 0.0964. The van der Waals surface area contributed by atoms with Crippen LogP contribution in [0.2, 0.25) is 0 Å². The number of aromatic nitrogens is 1. The number of nitrogens with one attached hydrogen (secondary N) is 1. The van der Waals surface area contributed by atoms with Crippen molar-refractivity contribution in [1.82, 2.24) is 4.98 Å². The van der Waals surface area contributed by atoms with Gasteiger partial charge in [0, 0.05) is 18.4 Å². The molecule has 0 radical (unpaired) electrons. The van der Waals surface area contributed by atoms with Crippen molar-refractivity contribution in [2.75, 3.05) is 11.4 Å². The van der Waals surface area contributed by atoms with Crippen molar-refractivity contribution in [3.8, 4) is 0 Å². The van der Waals surface area contributed by atoms with E-state index in [0.717, 1.165) is 11.3 Å². The van der Waals surface area contributed by atoms with E-state index in [2.05, 4.69) is 4.98 Å². The SMILES string of the molecule is Cc1ccccc1N(CCC(=O)O)C(=O)c1ccc[nH]1. The molecular formula is C15H16N2O3. The number of aromatic amines is 1. The first-order valence-corrected chi connectivity index (χ1v) is 6.32. The zero-order valence-corrected chi connectivity index (χ0v) is 11.2. The van der Waals surface area contributed by atoms with Crippen molar-refractivity contribution in [2.24, 2.45) is 0 Å². The number of aliphatic carboxylic acids is 1. The Morgan fingerprint density at radius 1 is 1.20 bits per heavy atom. The molecular weight excluding hydrogens is 256 g/mol. The van der Waals surface area contributed by atoms with Crippen LogP contribution in [0.3, 0.4) is 0 Å². The fourth-order valence-corrected chi connectivity index (χ4v) is 2.01. The molecule has 20 heavy (non-hydrogen) atoms. The number of hydrogen-bond acceptors (Lipinski definition) is 2. The number of carboxylic acids is 1. The summed E-state index contributed by atoms with van der Waals surface area (Å²) in [7, 11) is 0. The number of amides is 1. The highest BCUT2D eigenvalue weighted by Crippen LogP contribution is 2.21. The molecule has 2 rings (SSSR count). The molecule has 0 aliphatic rings. The molecule has 0 aliphatic carbocycles. The van der Waals surface area contributed by atoms with E-state index in [1.54, 1.807) is 18.3 Å². The van der Waals surface area contributed by atoms with Crippen LogP contribution in [0.5, 0.6) is 0 Å². The Balaban J connectivity index is 2.32. The number of hydrogen-bond donors (Lipinski definition) is 2. The first kappa shape index (κ1) is 13.9. The Morgan fingerprint density at radius 2 is 1.95 bits per heavy atom. The number of para-hydroxylation sites is 1. The summed E-state index contributed by atoms with van der Waals surface area (Å²) in [5.74, 6) is -1.16. The molecule has 1 amide bonds. The molecule has 1 heterocycles. The summed E-state index contributed by atoms with van der Waals surface area (Å²) in [4.78, 5) is 27.6. The summed E-state index contributed by atoms with van der Waals surface area (Å²) in [6.07, 6.45) is 1.57. The second kappa shape index (κ2) is 6.06. The second-order valence-corrected chi connectivity index (χ2v) is 4.47. The molecule has 5 heteroatoms. The Hall–Kier alpha value is -2.56. The summed E-state index contributed by atoms with van der Waals surface area (Å²) < 4.78 is 0. The van der Waals surface area contributed by atoms with Gasteiger partial charge in [-0.1, -0.05) is 18.2 Å². The third-order valence-corrected chi connectivity index (χ3v) is 3.03. The molecule has 1 aromatic heterocycles. The molecule has 0 atom stereocenters. The summed E-state index contributed by atoms with van der Waals surface area (Å²) in [6.45, 7) is 2.03. The molecule has 104 valence electrons. The van der Waals surface area contributed by atoms with Gasteiger partial charge in [0.25, 0.3) is 5.91 Å². The van der Waals surface area contributed by atoms with Crippen LogP contribution in [0.1, 0.15) is 22.5 Å². The van der Waals surface area contributed by atoms with Gasteiger partial charge in [0.15, 0.2) is 0 Å². The first-order valence-electron chi connectivity index (χ1n) is 6.32. The molecule has 5 nitrogen and oxygen atoms in total. The van der Waals surface area contributed by atoms with Crippen LogP contribution in [0, 0.1) is 6.92 Å². The topological polar surface area (TPSA) is 73.4 Å². The molecule has 0 fully saturated rings. The normalized spacial score (nSPS) is 10.2. The third-order valence-electron chi connectivity index (χ3n) is 3.03. The van der Waals surface area contributed by atoms with E-state index >= 15 is 0 Å². The molecule has 1 aromatic carbocycles. The number of rotatable bonds is 5. The highest BCUT2D eigenvalue weighted by Gasteiger charge is 2.20. The lowest BCUT2D eigenvalue weighted by Gasteiger charge is -2.23. The van der Waals surface area contributed by atoms with Crippen LogP contribution in [0.15, 0.2) is 42.6 Å². The van der Waals surface area contributed by atoms with Crippen molar-refractivity contribution in [3.05, 3.63) is 53.9 Å². The lowest BCUT2D eigenvalue weighted by atomic mass is 10.1. The number of H-pyrrole nitrogens is 1. The summed E-state index contributed by atoms with van der Waals surface area (Å²) in [6, 6.07) is 10.8. The molecule has 0 saturated heterocycles. The van der Waals surface area contributed by atoms with Crippen LogP contribution in [-0.2, 0) is 4.79 Å². The number of carbonyl (C=O) groups excluding carboxylic acids is 1. The fraction of sp³-hybridized carbons (Fsp3) is 0.200. The number of aryl methyl sites for hydroxylation is 1. The third kappa shape index (κ3) is 3.06. The van der Waals surface area contributed by atoms with E-state index in [4.69, 9.17) is 5.11 Å². The Morgan fingerprint density at radius 3 is 2.55 bits per heavy atom. The van der Waals surface area contributed by atoms with Crippen LogP contribution in [-0.4, -0.2) is 28.5 Å². The van der Waals surface area contributed by atoms with Gasteiger partial charge in [-0.2, -0.15) is 0 Å². The Kier molecular flexibility index (Phi) is 4.20. The lowest BCUT2D eigenvalue weighted by Crippen LogP contribution is -2.33. The standard InChI is InChI=1S/C15H16N2O3/c1-11-5-2-3-7-13(11)17(10-8-14(18)19)15(20)12-6-4-9-16-12/h2-7,9,16H,8,10H2,1H3,(H,18,19). The van der Waals surface area contributed by atoms with E-state index in [-0.39, 0.29) is 18.9 Å². The molecule has 0 spiro atoms. The zero-order chi connectivity index (χ0) is 14.5. The quantitative estimate of drug-likeness (QED) is 0.878. The maximum atomic E-state index is 12.5. The van der Waals surface area contributed by atoms with Gasteiger partial charge in [-0.15, -0.1) is 0 Å². The van der Waals surface area contributed by atoms with Crippen molar-refractivity contribution in [1.29, 1.82) is 0 Å². The zero-order valence-electron chi connectivity index (χ0n) is 11.2. The summed E-state index contributed by atoms with van der Waals surface area (Å²) in [5, 5.41) is 8.85. The molecule has 0 aliphatic heterocycles. The molecule has 0 saturated carbocycles. The van der Waals surface area contributed by atoms with E-state index < -0.39 is 5.97 Å². The number of carbonyl (C=O) groups is 2. The number of nitrogens with zero attached hydrogens (tertiary/aromatic N) is 1. The van der Waals surface area contributed by atoms with E-state index in [9.17, 15) is 9.59 Å². The van der Waals surface area contributed by atoms with Crippen molar-refractivity contribution >= 4 is 17.6 Å². The summed E-state index contributed by atoms with van der Waals surface area (Å²) >= 11 is 0. The monoisotopic (exact) mass is 272 g/mol. The Bertz CT molecular complexity index is 605. The predicted molar refractivity (Wildman–Crippen MR) is 75.9 cm³/mol. The van der Waals surface area contributed by atoms with Crippen molar-refractivity contribution in [2.45, 2.75) is 13.3 Å². The van der Waals surface area contributed by atoms with Gasteiger partial charge in [0.2, 0.25) is 0 Å². The van der Waals surface area contributed by atoms with E-state index in [1.165, 1.54) is 4.90 Å². The predicted octanol–water partition coefficient (Wildman–Crippen LogP) is 2.44. The van der Waals surface area contributed by atoms with Crippen molar-refractivity contribution in [3.63, 3.8) is 0 Å². The minimum atomic E-state index is -0.928. The summed E-state index contributed by atoms with van der Waals surface area (Å²) in [5.41, 5.74) is 2.10. The highest BCUT2D eigenvalue weighted by atomic mass is 16.4. The lowest BCUT2D eigenvalue weighted by molar-refractivity contribution is -0.136. The first-order chi connectivity index (χ1) is 9.59. The second-order valence-electron chi connectivity index (χ2n) is 4.47. The highest BCUT2D eigenvalue weighted by molar-refractivity contribution is 6.05. The minimum Gasteiger partial charge on any atom is -0.481 e. The van der Waals surface area contributed by atoms with Gasteiger partial charge in [-0.05, 0) is 30.7 Å². The van der Waals surface area contributed by atoms with Gasteiger partial charge in [-0.3, -0.25) is 9.59 Å². The van der Waals surface area contributed by atoms with Gasteiger partial charge in [0.1, 0.15) is 5.69 Å². The van der Waals surface area contributed by atoms with Crippen LogP contribution < -0.4 is 4.90 Å². The number of benzene rings is 1. The average molecular weight is 272 g/mol. The van der Waals surface area contributed by atoms with Crippen LogP contribution >= 0.6 is 0 Å². The average Bonchev–Trinajstić information content (AvgIpc) is 2.94. The molecule has 2 aromatic rings. The van der Waals surface area contributed by atoms with Gasteiger partial charge in [0.05, 0.1) is 6.42 Å².